The van der Waals surface area contributed by atoms with Gasteiger partial charge in [-0.1, -0.05) is 0 Å². The monoisotopic (exact) mass is 252 g/mol. The molecule has 0 radical (unpaired) electrons. The fourth-order valence-electron chi connectivity index (χ4n) is 0.872. The molecule has 0 aliphatic carbocycles. The molecule has 7 nitrogen and oxygen atoms in total. The van der Waals surface area contributed by atoms with Crippen LogP contribution in [-0.2, 0) is 19.6 Å². The number of rotatable bonds is 6. The Balaban J connectivity index is 4.07. The van der Waals surface area contributed by atoms with Crippen LogP contribution in [0.5, 0.6) is 0 Å². The van der Waals surface area contributed by atoms with Gasteiger partial charge < -0.3 is 10.4 Å². The van der Waals surface area contributed by atoms with Crippen LogP contribution >= 0.6 is 0 Å². The molecule has 0 atom stereocenters. The van der Waals surface area contributed by atoms with Gasteiger partial charge in [0.25, 0.3) is 0 Å². The van der Waals surface area contributed by atoms with Gasteiger partial charge >= 0.3 is 5.97 Å². The van der Waals surface area contributed by atoms with Gasteiger partial charge in [-0.05, 0) is 13.8 Å². The van der Waals surface area contributed by atoms with E-state index in [9.17, 15) is 18.0 Å². The van der Waals surface area contributed by atoms with E-state index in [1.807, 2.05) is 0 Å². The Hall–Kier alpha value is -1.15. The number of carboxylic acid groups (broad SMARTS) is 1. The summed E-state index contributed by atoms with van der Waals surface area (Å²) in [7, 11) is -3.61. The summed E-state index contributed by atoms with van der Waals surface area (Å²) in [4.78, 5) is 21.9. The topological polar surface area (TPSA) is 127 Å². The number of sulfonamides is 1. The summed E-state index contributed by atoms with van der Waals surface area (Å²) < 4.78 is 21.1. The highest BCUT2D eigenvalue weighted by atomic mass is 32.2. The first kappa shape index (κ1) is 14.8. The highest BCUT2D eigenvalue weighted by molar-refractivity contribution is 7.89. The minimum absolute atomic E-state index is 0.118. The first-order valence-electron chi connectivity index (χ1n) is 4.55. The third-order valence-corrected chi connectivity index (χ3v) is 2.66. The Bertz CT molecular complexity index is 374. The lowest BCUT2D eigenvalue weighted by molar-refractivity contribution is -0.149. The Morgan fingerprint density at radius 1 is 1.38 bits per heavy atom. The van der Waals surface area contributed by atoms with Crippen LogP contribution in [0.25, 0.3) is 0 Å². The van der Waals surface area contributed by atoms with Crippen LogP contribution in [0.2, 0.25) is 0 Å². The van der Waals surface area contributed by atoms with Crippen LogP contribution < -0.4 is 10.5 Å². The molecule has 0 aromatic heterocycles. The SMILES string of the molecule is CC(C)(CC(=O)NCCS(N)(=O)=O)C(=O)O. The molecule has 0 aliphatic rings. The highest BCUT2D eigenvalue weighted by Gasteiger charge is 2.29. The quantitative estimate of drug-likeness (QED) is 0.552. The molecule has 8 heteroatoms. The number of nitrogens with one attached hydrogen (secondary N) is 1. The molecule has 4 N–H and O–H groups in total. The second-order valence-corrected chi connectivity index (χ2v) is 5.82. The molecular formula is C8H16N2O5S. The summed E-state index contributed by atoms with van der Waals surface area (Å²) in [6, 6.07) is 0. The molecule has 16 heavy (non-hydrogen) atoms. The summed E-state index contributed by atoms with van der Waals surface area (Å²) in [5.41, 5.74) is -1.17. The Labute approximate surface area is 94.1 Å². The van der Waals surface area contributed by atoms with Gasteiger partial charge in [-0.25, -0.2) is 13.6 Å². The normalized spacial score (nSPS) is 12.2. The van der Waals surface area contributed by atoms with Crippen LogP contribution in [0.3, 0.4) is 0 Å². The van der Waals surface area contributed by atoms with Crippen molar-refractivity contribution in [2.45, 2.75) is 20.3 Å². The van der Waals surface area contributed by atoms with Crippen molar-refractivity contribution in [3.8, 4) is 0 Å². The van der Waals surface area contributed by atoms with E-state index in [2.05, 4.69) is 5.32 Å². The molecule has 0 heterocycles. The summed E-state index contributed by atoms with van der Waals surface area (Å²) in [6.45, 7) is 2.70. The molecule has 0 bridgehead atoms. The van der Waals surface area contributed by atoms with Gasteiger partial charge in [-0.15, -0.1) is 0 Å². The predicted molar refractivity (Wildman–Crippen MR) is 57.0 cm³/mol. The minimum atomic E-state index is -3.61. The molecule has 0 aromatic carbocycles. The number of aliphatic carboxylic acids is 1. The van der Waals surface area contributed by atoms with Gasteiger partial charge in [0.15, 0.2) is 0 Å². The van der Waals surface area contributed by atoms with Crippen molar-refractivity contribution in [3.05, 3.63) is 0 Å². The zero-order valence-electron chi connectivity index (χ0n) is 9.19. The molecule has 0 aromatic rings. The van der Waals surface area contributed by atoms with Crippen LogP contribution in [0.1, 0.15) is 20.3 Å². The average molecular weight is 252 g/mol. The van der Waals surface area contributed by atoms with Gasteiger partial charge in [0.2, 0.25) is 15.9 Å². The standard InChI is InChI=1S/C8H16N2O5S/c1-8(2,7(12)13)5-6(11)10-3-4-16(9,14)15/h3-5H2,1-2H3,(H,10,11)(H,12,13)(H2,9,14,15). The summed E-state index contributed by atoms with van der Waals surface area (Å²) >= 11 is 0. The number of carboxylic acids is 1. The fourth-order valence-corrected chi connectivity index (χ4v) is 1.26. The Morgan fingerprint density at radius 3 is 2.25 bits per heavy atom. The zero-order chi connectivity index (χ0) is 13.0. The highest BCUT2D eigenvalue weighted by Crippen LogP contribution is 2.19. The van der Waals surface area contributed by atoms with Gasteiger partial charge in [-0.3, -0.25) is 9.59 Å². The number of carbonyl (C=O) groups is 2. The number of hydrogen-bond acceptors (Lipinski definition) is 4. The molecular weight excluding hydrogens is 236 g/mol. The van der Waals surface area contributed by atoms with E-state index in [0.29, 0.717) is 0 Å². The van der Waals surface area contributed by atoms with Crippen LogP contribution in [-0.4, -0.2) is 37.7 Å². The van der Waals surface area contributed by atoms with Gasteiger partial charge in [0.1, 0.15) is 0 Å². The van der Waals surface area contributed by atoms with E-state index >= 15 is 0 Å². The number of primary sulfonamides is 1. The van der Waals surface area contributed by atoms with Crippen molar-refractivity contribution in [1.82, 2.24) is 5.32 Å². The number of nitrogens with two attached hydrogens (primary N) is 1. The van der Waals surface area contributed by atoms with E-state index in [1.54, 1.807) is 0 Å². The Kier molecular flexibility index (Phi) is 4.88. The van der Waals surface area contributed by atoms with Crippen molar-refractivity contribution in [2.24, 2.45) is 10.6 Å². The van der Waals surface area contributed by atoms with Crippen molar-refractivity contribution in [2.75, 3.05) is 12.3 Å². The lowest BCUT2D eigenvalue weighted by Gasteiger charge is -2.17. The maximum absolute atomic E-state index is 11.2. The zero-order valence-corrected chi connectivity index (χ0v) is 10.0. The average Bonchev–Trinajstić information content (AvgIpc) is 1.99. The molecule has 0 aliphatic heterocycles. The Morgan fingerprint density at radius 2 is 1.88 bits per heavy atom. The third-order valence-electron chi connectivity index (χ3n) is 1.89. The first-order chi connectivity index (χ1) is 7.04. The minimum Gasteiger partial charge on any atom is -0.481 e. The van der Waals surface area contributed by atoms with Crippen LogP contribution in [0, 0.1) is 5.41 Å². The molecule has 0 saturated carbocycles. The lowest BCUT2D eigenvalue weighted by atomic mass is 9.89. The van der Waals surface area contributed by atoms with Crippen molar-refractivity contribution < 1.29 is 23.1 Å². The van der Waals surface area contributed by atoms with Crippen LogP contribution in [0.4, 0.5) is 0 Å². The summed E-state index contributed by atoms with van der Waals surface area (Å²) in [5.74, 6) is -1.98. The van der Waals surface area contributed by atoms with Crippen molar-refractivity contribution >= 4 is 21.9 Å². The van der Waals surface area contributed by atoms with E-state index in [4.69, 9.17) is 10.2 Å². The molecule has 0 fully saturated rings. The molecule has 0 unspecified atom stereocenters. The molecule has 0 saturated heterocycles. The number of amides is 1. The van der Waals surface area contributed by atoms with Gasteiger partial charge in [0.05, 0.1) is 11.2 Å². The van der Waals surface area contributed by atoms with E-state index in [0.717, 1.165) is 0 Å². The maximum atomic E-state index is 11.2. The predicted octanol–water partition coefficient (Wildman–Crippen LogP) is -1.11. The maximum Gasteiger partial charge on any atom is 0.309 e. The van der Waals surface area contributed by atoms with E-state index in [1.165, 1.54) is 13.8 Å². The number of carbonyl (C=O) groups excluding carboxylic acids is 1. The fraction of sp³-hybridized carbons (Fsp3) is 0.750. The first-order valence-corrected chi connectivity index (χ1v) is 6.27. The second kappa shape index (κ2) is 5.26. The summed E-state index contributed by atoms with van der Waals surface area (Å²) in [6.07, 6.45) is -0.215. The smallest absolute Gasteiger partial charge is 0.309 e. The van der Waals surface area contributed by atoms with Gasteiger partial charge in [0, 0.05) is 13.0 Å². The molecule has 0 spiro atoms. The molecule has 94 valence electrons. The van der Waals surface area contributed by atoms with Crippen molar-refractivity contribution in [3.63, 3.8) is 0 Å². The second-order valence-electron chi connectivity index (χ2n) is 4.08. The van der Waals surface area contributed by atoms with Gasteiger partial charge in [-0.2, -0.15) is 0 Å². The summed E-state index contributed by atoms with van der Waals surface area (Å²) in [5, 5.41) is 15.8. The van der Waals surface area contributed by atoms with Crippen molar-refractivity contribution in [1.29, 1.82) is 0 Å². The number of hydrogen-bond donors (Lipinski definition) is 3. The van der Waals surface area contributed by atoms with Crippen LogP contribution in [0.15, 0.2) is 0 Å². The molecule has 0 rings (SSSR count). The molecule has 1 amide bonds. The third kappa shape index (κ3) is 6.36. The van der Waals surface area contributed by atoms with E-state index in [-0.39, 0.29) is 18.7 Å². The largest absolute Gasteiger partial charge is 0.481 e. The van der Waals surface area contributed by atoms with E-state index < -0.39 is 27.3 Å². The lowest BCUT2D eigenvalue weighted by Crippen LogP contribution is -2.36.